The molecular weight excluding hydrogens is 232 g/mol. The van der Waals surface area contributed by atoms with Gasteiger partial charge in [-0.25, -0.2) is 0 Å². The van der Waals surface area contributed by atoms with Crippen LogP contribution in [0.25, 0.3) is 0 Å². The Morgan fingerprint density at radius 3 is 2.17 bits per heavy atom. The van der Waals surface area contributed by atoms with E-state index in [0.29, 0.717) is 12.3 Å². The van der Waals surface area contributed by atoms with Crippen molar-refractivity contribution >= 4 is 11.9 Å². The van der Waals surface area contributed by atoms with Crippen molar-refractivity contribution in [1.82, 2.24) is 4.90 Å². The zero-order valence-electron chi connectivity index (χ0n) is 11.8. The molecule has 5 nitrogen and oxygen atoms in total. The summed E-state index contributed by atoms with van der Waals surface area (Å²) in [7, 11) is 0. The summed E-state index contributed by atoms with van der Waals surface area (Å²) in [6.45, 7) is 7.88. The fourth-order valence-electron chi connectivity index (χ4n) is 1.92. The van der Waals surface area contributed by atoms with E-state index in [1.807, 2.05) is 27.7 Å². The SMILES string of the molecule is CCC(C)N(CC(=O)O)C(=O)C(CN)CC(C)C. The third kappa shape index (κ3) is 5.49. The minimum Gasteiger partial charge on any atom is -0.480 e. The molecule has 106 valence electrons. The van der Waals surface area contributed by atoms with E-state index in [2.05, 4.69) is 0 Å². The van der Waals surface area contributed by atoms with Crippen molar-refractivity contribution in [1.29, 1.82) is 0 Å². The summed E-state index contributed by atoms with van der Waals surface area (Å²) >= 11 is 0. The summed E-state index contributed by atoms with van der Waals surface area (Å²) < 4.78 is 0. The van der Waals surface area contributed by atoms with Crippen molar-refractivity contribution < 1.29 is 14.7 Å². The molecule has 0 saturated heterocycles. The van der Waals surface area contributed by atoms with Gasteiger partial charge in [0.05, 0.1) is 5.92 Å². The van der Waals surface area contributed by atoms with E-state index < -0.39 is 5.97 Å². The average molecular weight is 258 g/mol. The molecule has 0 radical (unpaired) electrons. The Hall–Kier alpha value is -1.10. The molecule has 0 aliphatic heterocycles. The number of hydrogen-bond donors (Lipinski definition) is 2. The number of carbonyl (C=O) groups excluding carboxylic acids is 1. The number of nitrogens with two attached hydrogens (primary N) is 1. The molecule has 18 heavy (non-hydrogen) atoms. The normalized spacial score (nSPS) is 14.3. The summed E-state index contributed by atoms with van der Waals surface area (Å²) in [5.41, 5.74) is 5.64. The maximum atomic E-state index is 12.3. The Morgan fingerprint density at radius 1 is 1.28 bits per heavy atom. The Morgan fingerprint density at radius 2 is 1.83 bits per heavy atom. The monoisotopic (exact) mass is 258 g/mol. The largest absolute Gasteiger partial charge is 0.480 e. The van der Waals surface area contributed by atoms with Gasteiger partial charge in [-0.1, -0.05) is 20.8 Å². The Bertz CT molecular complexity index is 279. The van der Waals surface area contributed by atoms with Crippen LogP contribution in [0.1, 0.15) is 40.5 Å². The standard InChI is InChI=1S/C13H26N2O3/c1-5-10(4)15(8-12(16)17)13(18)11(7-14)6-9(2)3/h9-11H,5-8,14H2,1-4H3,(H,16,17). The van der Waals surface area contributed by atoms with Crippen molar-refractivity contribution in [2.24, 2.45) is 17.6 Å². The molecule has 3 N–H and O–H groups in total. The van der Waals surface area contributed by atoms with Gasteiger partial charge in [0.2, 0.25) is 5.91 Å². The predicted octanol–water partition coefficient (Wildman–Crippen LogP) is 1.32. The van der Waals surface area contributed by atoms with Crippen LogP contribution in [0.5, 0.6) is 0 Å². The summed E-state index contributed by atoms with van der Waals surface area (Å²) in [4.78, 5) is 24.6. The van der Waals surface area contributed by atoms with Crippen LogP contribution in [0.3, 0.4) is 0 Å². The van der Waals surface area contributed by atoms with E-state index in [0.717, 1.165) is 6.42 Å². The van der Waals surface area contributed by atoms with Crippen LogP contribution in [0.2, 0.25) is 0 Å². The first kappa shape index (κ1) is 16.9. The van der Waals surface area contributed by atoms with Crippen LogP contribution >= 0.6 is 0 Å². The lowest BCUT2D eigenvalue weighted by Gasteiger charge is -2.31. The number of rotatable bonds is 8. The lowest BCUT2D eigenvalue weighted by Crippen LogP contribution is -2.46. The highest BCUT2D eigenvalue weighted by Crippen LogP contribution is 2.16. The summed E-state index contributed by atoms with van der Waals surface area (Å²) in [5, 5.41) is 8.89. The van der Waals surface area contributed by atoms with E-state index in [1.165, 1.54) is 4.90 Å². The van der Waals surface area contributed by atoms with Crippen LogP contribution in [-0.4, -0.2) is 41.0 Å². The second kappa shape index (κ2) is 8.08. The second-order valence-corrected chi connectivity index (χ2v) is 5.18. The molecule has 0 fully saturated rings. The molecule has 0 aromatic carbocycles. The molecule has 0 rings (SSSR count). The summed E-state index contributed by atoms with van der Waals surface area (Å²) in [5.74, 6) is -1.03. The third-order valence-electron chi connectivity index (χ3n) is 3.10. The highest BCUT2D eigenvalue weighted by Gasteiger charge is 2.28. The maximum absolute atomic E-state index is 12.3. The minimum absolute atomic E-state index is 0.0742. The number of amides is 1. The van der Waals surface area contributed by atoms with Gasteiger partial charge in [0.1, 0.15) is 6.54 Å². The summed E-state index contributed by atoms with van der Waals surface area (Å²) in [6.07, 6.45) is 1.43. The number of nitrogens with zero attached hydrogens (tertiary/aromatic N) is 1. The molecule has 0 heterocycles. The molecule has 1 amide bonds. The number of aliphatic carboxylic acids is 1. The van der Waals surface area contributed by atoms with Crippen molar-refractivity contribution in [2.45, 2.75) is 46.6 Å². The average Bonchev–Trinajstić information content (AvgIpc) is 2.30. The smallest absolute Gasteiger partial charge is 0.323 e. The fourth-order valence-corrected chi connectivity index (χ4v) is 1.92. The Kier molecular flexibility index (Phi) is 7.59. The molecule has 0 saturated carbocycles. The summed E-state index contributed by atoms with van der Waals surface area (Å²) in [6, 6.07) is -0.0742. The lowest BCUT2D eigenvalue weighted by atomic mass is 9.95. The van der Waals surface area contributed by atoms with Crippen molar-refractivity contribution in [3.8, 4) is 0 Å². The quantitative estimate of drug-likeness (QED) is 0.687. The van der Waals surface area contributed by atoms with Crippen LogP contribution in [-0.2, 0) is 9.59 Å². The van der Waals surface area contributed by atoms with Gasteiger partial charge in [0, 0.05) is 12.6 Å². The molecule has 0 aliphatic rings. The molecule has 0 aromatic rings. The molecule has 0 aliphatic carbocycles. The highest BCUT2D eigenvalue weighted by atomic mass is 16.4. The first-order valence-corrected chi connectivity index (χ1v) is 6.55. The van der Waals surface area contributed by atoms with E-state index in [1.54, 1.807) is 0 Å². The van der Waals surface area contributed by atoms with E-state index in [9.17, 15) is 9.59 Å². The molecule has 2 atom stereocenters. The molecular formula is C13H26N2O3. The van der Waals surface area contributed by atoms with Crippen LogP contribution in [0, 0.1) is 11.8 Å². The maximum Gasteiger partial charge on any atom is 0.323 e. The van der Waals surface area contributed by atoms with Gasteiger partial charge in [0.25, 0.3) is 0 Å². The van der Waals surface area contributed by atoms with Gasteiger partial charge in [-0.15, -0.1) is 0 Å². The number of carboxylic acids is 1. The zero-order valence-corrected chi connectivity index (χ0v) is 11.8. The minimum atomic E-state index is -0.982. The topological polar surface area (TPSA) is 83.6 Å². The van der Waals surface area contributed by atoms with Crippen molar-refractivity contribution in [3.63, 3.8) is 0 Å². The lowest BCUT2D eigenvalue weighted by molar-refractivity contribution is -0.148. The zero-order chi connectivity index (χ0) is 14.3. The molecule has 2 unspecified atom stereocenters. The number of hydrogen-bond acceptors (Lipinski definition) is 3. The van der Waals surface area contributed by atoms with Gasteiger partial charge >= 0.3 is 5.97 Å². The van der Waals surface area contributed by atoms with E-state index in [-0.39, 0.29) is 31.0 Å². The first-order valence-electron chi connectivity index (χ1n) is 6.55. The van der Waals surface area contributed by atoms with E-state index >= 15 is 0 Å². The van der Waals surface area contributed by atoms with Crippen molar-refractivity contribution in [3.05, 3.63) is 0 Å². The molecule has 0 aromatic heterocycles. The fraction of sp³-hybridized carbons (Fsp3) is 0.846. The van der Waals surface area contributed by atoms with Crippen LogP contribution in [0.15, 0.2) is 0 Å². The second-order valence-electron chi connectivity index (χ2n) is 5.18. The number of carboxylic acid groups (broad SMARTS) is 1. The van der Waals surface area contributed by atoms with Gasteiger partial charge in [-0.2, -0.15) is 0 Å². The number of carbonyl (C=O) groups is 2. The van der Waals surface area contributed by atoms with E-state index in [4.69, 9.17) is 10.8 Å². The van der Waals surface area contributed by atoms with Crippen LogP contribution in [0.4, 0.5) is 0 Å². The van der Waals surface area contributed by atoms with Gasteiger partial charge in [-0.05, 0) is 25.7 Å². The first-order chi connectivity index (χ1) is 8.33. The van der Waals surface area contributed by atoms with Crippen molar-refractivity contribution in [2.75, 3.05) is 13.1 Å². The van der Waals surface area contributed by atoms with Crippen LogP contribution < -0.4 is 5.73 Å². The predicted molar refractivity (Wildman–Crippen MR) is 71.1 cm³/mol. The third-order valence-corrected chi connectivity index (χ3v) is 3.10. The van der Waals surface area contributed by atoms with Gasteiger partial charge in [-0.3, -0.25) is 9.59 Å². The van der Waals surface area contributed by atoms with Gasteiger partial charge < -0.3 is 15.7 Å². The molecule has 0 spiro atoms. The Balaban J connectivity index is 4.85. The molecule has 5 heteroatoms. The Labute approximate surface area is 109 Å². The highest BCUT2D eigenvalue weighted by molar-refractivity contribution is 5.83. The van der Waals surface area contributed by atoms with Gasteiger partial charge in [0.15, 0.2) is 0 Å². The molecule has 0 bridgehead atoms.